The van der Waals surface area contributed by atoms with Gasteiger partial charge in [-0.05, 0) is 92.3 Å². The summed E-state index contributed by atoms with van der Waals surface area (Å²) in [6.45, 7) is 4.76. The molecule has 4 heteroatoms. The van der Waals surface area contributed by atoms with Crippen molar-refractivity contribution < 1.29 is 17.9 Å². The molecule has 4 saturated carbocycles. The Morgan fingerprint density at radius 3 is 2.20 bits per heavy atom. The summed E-state index contributed by atoms with van der Waals surface area (Å²) in [6.07, 6.45) is 4.85. The van der Waals surface area contributed by atoms with E-state index in [0.717, 1.165) is 25.7 Å². The van der Waals surface area contributed by atoms with Gasteiger partial charge in [0.1, 0.15) is 0 Å². The lowest BCUT2D eigenvalue weighted by molar-refractivity contribution is -0.208. The number of rotatable bonds is 1. The SMILES string of the molecule is CO[C@H]1CC[C@H]2[C@@H]3CC[C@H]4C[C@@H](C(F)(F)F)CC[C@]4(C)[C@H]3CC[C@]12C. The minimum Gasteiger partial charge on any atom is -0.381 e. The quantitative estimate of drug-likeness (QED) is 0.540. The summed E-state index contributed by atoms with van der Waals surface area (Å²) in [4.78, 5) is 0. The normalized spacial score (nSPS) is 53.0. The second-order valence-electron chi connectivity index (χ2n) is 10.0. The van der Waals surface area contributed by atoms with Crippen molar-refractivity contribution in [3.05, 3.63) is 0 Å². The van der Waals surface area contributed by atoms with Crippen LogP contribution in [0.25, 0.3) is 0 Å². The van der Waals surface area contributed by atoms with Gasteiger partial charge in [-0.2, -0.15) is 13.2 Å². The number of methoxy groups -OCH3 is 1. The van der Waals surface area contributed by atoms with Crippen LogP contribution < -0.4 is 0 Å². The molecule has 0 aromatic heterocycles. The average Bonchev–Trinajstić information content (AvgIpc) is 2.89. The fraction of sp³-hybridized carbons (Fsp3) is 1.00. The molecule has 0 aromatic carbocycles. The van der Waals surface area contributed by atoms with E-state index in [4.69, 9.17) is 4.74 Å². The van der Waals surface area contributed by atoms with Crippen molar-refractivity contribution in [2.24, 2.45) is 40.4 Å². The minimum atomic E-state index is -4.00. The molecule has 4 rings (SSSR count). The van der Waals surface area contributed by atoms with E-state index in [-0.39, 0.29) is 11.3 Å². The number of alkyl halides is 3. The molecule has 4 aliphatic rings. The zero-order valence-corrected chi connectivity index (χ0v) is 15.9. The van der Waals surface area contributed by atoms with Gasteiger partial charge in [-0.15, -0.1) is 0 Å². The zero-order valence-electron chi connectivity index (χ0n) is 15.9. The number of fused-ring (bicyclic) bond motifs is 5. The van der Waals surface area contributed by atoms with Crippen LogP contribution in [-0.4, -0.2) is 19.4 Å². The molecule has 0 N–H and O–H groups in total. The zero-order chi connectivity index (χ0) is 18.0. The van der Waals surface area contributed by atoms with Crippen LogP contribution in [0.4, 0.5) is 13.2 Å². The van der Waals surface area contributed by atoms with E-state index in [1.165, 1.54) is 19.3 Å². The van der Waals surface area contributed by atoms with Gasteiger partial charge in [-0.1, -0.05) is 13.8 Å². The molecular formula is C21H33F3O. The molecule has 0 amide bonds. The molecule has 0 spiro atoms. The van der Waals surface area contributed by atoms with Gasteiger partial charge in [0, 0.05) is 7.11 Å². The Hall–Kier alpha value is -0.250. The topological polar surface area (TPSA) is 9.23 Å². The van der Waals surface area contributed by atoms with Crippen molar-refractivity contribution >= 4 is 0 Å². The summed E-state index contributed by atoms with van der Waals surface area (Å²) >= 11 is 0. The lowest BCUT2D eigenvalue weighted by atomic mass is 9.44. The van der Waals surface area contributed by atoms with Gasteiger partial charge < -0.3 is 4.74 Å². The molecular weight excluding hydrogens is 325 g/mol. The molecule has 0 saturated heterocycles. The van der Waals surface area contributed by atoms with E-state index in [0.29, 0.717) is 42.1 Å². The van der Waals surface area contributed by atoms with Gasteiger partial charge >= 0.3 is 6.18 Å². The van der Waals surface area contributed by atoms with Gasteiger partial charge in [0.05, 0.1) is 12.0 Å². The van der Waals surface area contributed by atoms with Crippen LogP contribution in [0.2, 0.25) is 0 Å². The van der Waals surface area contributed by atoms with E-state index in [9.17, 15) is 13.2 Å². The third-order valence-electron chi connectivity index (χ3n) is 9.33. The van der Waals surface area contributed by atoms with Crippen LogP contribution in [0.5, 0.6) is 0 Å². The summed E-state index contributed by atoms with van der Waals surface area (Å²) in [5.41, 5.74) is 0.430. The van der Waals surface area contributed by atoms with E-state index in [1.807, 2.05) is 7.11 Å². The number of hydrogen-bond donors (Lipinski definition) is 0. The summed E-state index contributed by atoms with van der Waals surface area (Å²) in [7, 11) is 1.85. The van der Waals surface area contributed by atoms with Crippen molar-refractivity contribution in [2.75, 3.05) is 7.11 Å². The third-order valence-corrected chi connectivity index (χ3v) is 9.33. The summed E-state index contributed by atoms with van der Waals surface area (Å²) in [5.74, 6) is 1.28. The minimum absolute atomic E-state index is 0.136. The fourth-order valence-electron chi connectivity index (χ4n) is 7.89. The molecule has 1 nitrogen and oxygen atoms in total. The van der Waals surface area contributed by atoms with Crippen molar-refractivity contribution in [3.63, 3.8) is 0 Å². The number of halogens is 3. The first-order chi connectivity index (χ1) is 11.7. The molecule has 0 unspecified atom stereocenters. The lowest BCUT2D eigenvalue weighted by Crippen LogP contribution is -2.54. The molecule has 0 aromatic rings. The van der Waals surface area contributed by atoms with Gasteiger partial charge in [0.25, 0.3) is 0 Å². The molecule has 0 aliphatic heterocycles. The Morgan fingerprint density at radius 1 is 0.840 bits per heavy atom. The highest BCUT2D eigenvalue weighted by Gasteiger charge is 2.61. The maximum atomic E-state index is 13.3. The van der Waals surface area contributed by atoms with Crippen LogP contribution in [0.15, 0.2) is 0 Å². The Kier molecular flexibility index (Phi) is 4.26. The monoisotopic (exact) mass is 358 g/mol. The second kappa shape index (κ2) is 5.87. The summed E-state index contributed by atoms with van der Waals surface area (Å²) < 4.78 is 45.6. The Morgan fingerprint density at radius 2 is 1.52 bits per heavy atom. The van der Waals surface area contributed by atoms with E-state index in [2.05, 4.69) is 13.8 Å². The molecule has 144 valence electrons. The smallest absolute Gasteiger partial charge is 0.381 e. The lowest BCUT2D eigenvalue weighted by Gasteiger charge is -2.61. The standard InChI is InChI=1S/C21H33F3O/c1-19-10-8-14(21(22,23)24)12-13(19)4-5-15-16-6-7-18(25-3)20(16,2)11-9-17(15)19/h13-18H,4-12H2,1-3H3/t13-,14-,15-,16-,17-,18-,19-,20-/m0/s1. The van der Waals surface area contributed by atoms with Gasteiger partial charge in [0.15, 0.2) is 0 Å². The van der Waals surface area contributed by atoms with Crippen molar-refractivity contribution in [1.82, 2.24) is 0 Å². The molecule has 4 fully saturated rings. The fourth-order valence-corrected chi connectivity index (χ4v) is 7.89. The largest absolute Gasteiger partial charge is 0.391 e. The van der Waals surface area contributed by atoms with Crippen molar-refractivity contribution in [1.29, 1.82) is 0 Å². The van der Waals surface area contributed by atoms with Crippen LogP contribution in [0, 0.1) is 40.4 Å². The van der Waals surface area contributed by atoms with Crippen molar-refractivity contribution in [3.8, 4) is 0 Å². The average molecular weight is 358 g/mol. The van der Waals surface area contributed by atoms with Gasteiger partial charge in [-0.25, -0.2) is 0 Å². The first kappa shape index (κ1) is 18.1. The Bertz CT molecular complexity index is 518. The van der Waals surface area contributed by atoms with Crippen LogP contribution in [-0.2, 0) is 4.74 Å². The number of ether oxygens (including phenoxy) is 1. The van der Waals surface area contributed by atoms with E-state index < -0.39 is 12.1 Å². The predicted molar refractivity (Wildman–Crippen MR) is 92.1 cm³/mol. The Labute approximate surface area is 150 Å². The highest BCUT2D eigenvalue weighted by atomic mass is 19.4. The van der Waals surface area contributed by atoms with Crippen molar-refractivity contribution in [2.45, 2.75) is 83.9 Å². The van der Waals surface area contributed by atoms with E-state index >= 15 is 0 Å². The number of hydrogen-bond acceptors (Lipinski definition) is 1. The van der Waals surface area contributed by atoms with Gasteiger partial charge in [0.2, 0.25) is 0 Å². The van der Waals surface area contributed by atoms with E-state index in [1.54, 1.807) is 0 Å². The highest BCUT2D eigenvalue weighted by Crippen LogP contribution is 2.67. The Balaban J connectivity index is 1.56. The highest BCUT2D eigenvalue weighted by molar-refractivity contribution is 5.09. The molecule has 4 aliphatic carbocycles. The summed E-state index contributed by atoms with van der Waals surface area (Å²) in [6, 6.07) is 0. The first-order valence-corrected chi connectivity index (χ1v) is 10.3. The molecule has 8 atom stereocenters. The third kappa shape index (κ3) is 2.60. The van der Waals surface area contributed by atoms with Crippen LogP contribution in [0.3, 0.4) is 0 Å². The molecule has 0 bridgehead atoms. The molecule has 0 radical (unpaired) electrons. The molecule has 0 heterocycles. The predicted octanol–water partition coefficient (Wildman–Crippen LogP) is 6.22. The maximum Gasteiger partial charge on any atom is 0.391 e. The van der Waals surface area contributed by atoms with Crippen LogP contribution >= 0.6 is 0 Å². The second-order valence-corrected chi connectivity index (χ2v) is 10.0. The summed E-state index contributed by atoms with van der Waals surface area (Å²) in [5, 5.41) is 0. The van der Waals surface area contributed by atoms with Gasteiger partial charge in [-0.3, -0.25) is 0 Å². The molecule has 25 heavy (non-hydrogen) atoms. The van der Waals surface area contributed by atoms with Crippen LogP contribution in [0.1, 0.15) is 71.6 Å². The maximum absolute atomic E-state index is 13.3. The first-order valence-electron chi connectivity index (χ1n) is 10.3.